The van der Waals surface area contributed by atoms with Gasteiger partial charge in [0.05, 0.1) is 7.11 Å². The lowest BCUT2D eigenvalue weighted by Gasteiger charge is -2.29. The largest absolute Gasteiger partial charge is 0.468 e. The molecule has 1 heterocycles. The van der Waals surface area contributed by atoms with Crippen LogP contribution in [-0.2, 0) is 9.53 Å². The number of carbonyl (C=O) groups is 2. The smallest absolute Gasteiger partial charge is 0.325 e. The van der Waals surface area contributed by atoms with Crippen molar-refractivity contribution in [3.63, 3.8) is 0 Å². The SMILES string of the molecule is COC(=O)CN(C)C(=O)c1cccn1C1CCC1. The molecule has 0 spiro atoms. The number of hydrogen-bond acceptors (Lipinski definition) is 3. The molecule has 1 aromatic rings. The summed E-state index contributed by atoms with van der Waals surface area (Å²) in [7, 11) is 2.93. The molecule has 5 heteroatoms. The molecule has 0 atom stereocenters. The summed E-state index contributed by atoms with van der Waals surface area (Å²) < 4.78 is 6.57. The second-order valence-corrected chi connectivity index (χ2v) is 4.62. The summed E-state index contributed by atoms with van der Waals surface area (Å²) in [6.45, 7) is -0.0226. The average Bonchev–Trinajstić information content (AvgIpc) is 2.74. The van der Waals surface area contributed by atoms with E-state index < -0.39 is 5.97 Å². The van der Waals surface area contributed by atoms with Gasteiger partial charge in [0.25, 0.3) is 5.91 Å². The number of hydrogen-bond donors (Lipinski definition) is 0. The molecule has 0 aromatic carbocycles. The zero-order valence-corrected chi connectivity index (χ0v) is 10.8. The van der Waals surface area contributed by atoms with Crippen LogP contribution in [0, 0.1) is 0 Å². The number of nitrogens with zero attached hydrogens (tertiary/aromatic N) is 2. The van der Waals surface area contributed by atoms with Crippen molar-refractivity contribution in [1.29, 1.82) is 0 Å². The normalized spacial score (nSPS) is 15.0. The van der Waals surface area contributed by atoms with Gasteiger partial charge in [-0.2, -0.15) is 0 Å². The zero-order chi connectivity index (χ0) is 13.1. The predicted octanol–water partition coefficient (Wildman–Crippen LogP) is 1.46. The van der Waals surface area contributed by atoms with Crippen LogP contribution in [0.1, 0.15) is 35.8 Å². The fourth-order valence-corrected chi connectivity index (χ4v) is 2.08. The Bertz CT molecular complexity index is 449. The quantitative estimate of drug-likeness (QED) is 0.760. The first-order valence-electron chi connectivity index (χ1n) is 6.12. The van der Waals surface area contributed by atoms with E-state index >= 15 is 0 Å². The Morgan fingerprint density at radius 1 is 1.50 bits per heavy atom. The van der Waals surface area contributed by atoms with E-state index in [1.54, 1.807) is 13.1 Å². The summed E-state index contributed by atoms with van der Waals surface area (Å²) in [5.74, 6) is -0.551. The maximum atomic E-state index is 12.2. The van der Waals surface area contributed by atoms with Crippen LogP contribution in [0.25, 0.3) is 0 Å². The van der Waals surface area contributed by atoms with Gasteiger partial charge in [-0.25, -0.2) is 0 Å². The molecule has 0 radical (unpaired) electrons. The topological polar surface area (TPSA) is 51.5 Å². The number of methoxy groups -OCH3 is 1. The van der Waals surface area contributed by atoms with Crippen molar-refractivity contribution in [3.8, 4) is 0 Å². The van der Waals surface area contributed by atoms with Crippen LogP contribution in [-0.4, -0.2) is 42.0 Å². The number of esters is 1. The lowest BCUT2D eigenvalue weighted by atomic mass is 9.93. The molecule has 0 unspecified atom stereocenters. The third-order valence-electron chi connectivity index (χ3n) is 3.41. The number of likely N-dealkylation sites (N-methyl/N-ethyl adjacent to an activating group) is 1. The second kappa shape index (κ2) is 5.25. The lowest BCUT2D eigenvalue weighted by Crippen LogP contribution is -2.34. The predicted molar refractivity (Wildman–Crippen MR) is 66.3 cm³/mol. The maximum Gasteiger partial charge on any atom is 0.325 e. The third-order valence-corrected chi connectivity index (χ3v) is 3.41. The Kier molecular flexibility index (Phi) is 3.69. The molecule has 1 saturated carbocycles. The van der Waals surface area contributed by atoms with Crippen molar-refractivity contribution in [2.24, 2.45) is 0 Å². The molecule has 1 aliphatic rings. The van der Waals surface area contributed by atoms with Crippen LogP contribution in [0.4, 0.5) is 0 Å². The molecule has 1 aliphatic carbocycles. The Labute approximate surface area is 106 Å². The highest BCUT2D eigenvalue weighted by Crippen LogP contribution is 2.32. The highest BCUT2D eigenvalue weighted by Gasteiger charge is 2.25. The van der Waals surface area contributed by atoms with Crippen LogP contribution >= 0.6 is 0 Å². The summed E-state index contributed by atoms with van der Waals surface area (Å²) in [5.41, 5.74) is 0.645. The summed E-state index contributed by atoms with van der Waals surface area (Å²) in [6.07, 6.45) is 5.39. The van der Waals surface area contributed by atoms with E-state index in [9.17, 15) is 9.59 Å². The highest BCUT2D eigenvalue weighted by molar-refractivity contribution is 5.94. The van der Waals surface area contributed by atoms with E-state index in [-0.39, 0.29) is 12.5 Å². The Hall–Kier alpha value is -1.78. The number of ether oxygens (including phenoxy) is 1. The zero-order valence-electron chi connectivity index (χ0n) is 10.8. The number of rotatable bonds is 4. The molecule has 1 aromatic heterocycles. The monoisotopic (exact) mass is 250 g/mol. The molecule has 0 N–H and O–H groups in total. The van der Waals surface area contributed by atoms with Crippen LogP contribution in [0.15, 0.2) is 18.3 Å². The minimum Gasteiger partial charge on any atom is -0.468 e. The van der Waals surface area contributed by atoms with E-state index in [0.29, 0.717) is 11.7 Å². The summed E-state index contributed by atoms with van der Waals surface area (Å²) in [4.78, 5) is 24.8. The van der Waals surface area contributed by atoms with Gasteiger partial charge in [-0.3, -0.25) is 9.59 Å². The fraction of sp³-hybridized carbons (Fsp3) is 0.538. The summed E-state index contributed by atoms with van der Waals surface area (Å²) in [6, 6.07) is 4.11. The summed E-state index contributed by atoms with van der Waals surface area (Å²) >= 11 is 0. The standard InChI is InChI=1S/C13H18N2O3/c1-14(9-12(16)18-2)13(17)11-7-4-8-15(11)10-5-3-6-10/h4,7-8,10H,3,5-6,9H2,1-2H3. The van der Waals surface area contributed by atoms with Crippen LogP contribution in [0.2, 0.25) is 0 Å². The van der Waals surface area contributed by atoms with Crippen LogP contribution in [0.5, 0.6) is 0 Å². The van der Waals surface area contributed by atoms with Gasteiger partial charge in [0.15, 0.2) is 0 Å². The summed E-state index contributed by atoms with van der Waals surface area (Å²) in [5, 5.41) is 0. The van der Waals surface area contributed by atoms with Gasteiger partial charge < -0.3 is 14.2 Å². The van der Waals surface area contributed by atoms with E-state index in [0.717, 1.165) is 12.8 Å². The van der Waals surface area contributed by atoms with Crippen molar-refractivity contribution >= 4 is 11.9 Å². The van der Waals surface area contributed by atoms with Crippen LogP contribution in [0.3, 0.4) is 0 Å². The van der Waals surface area contributed by atoms with E-state index in [4.69, 9.17) is 0 Å². The Balaban J connectivity index is 2.08. The van der Waals surface area contributed by atoms with Gasteiger partial charge in [-0.1, -0.05) is 0 Å². The molecule has 0 bridgehead atoms. The van der Waals surface area contributed by atoms with Gasteiger partial charge in [0.2, 0.25) is 0 Å². The fourth-order valence-electron chi connectivity index (χ4n) is 2.08. The van der Waals surface area contributed by atoms with Gasteiger partial charge in [0, 0.05) is 19.3 Å². The molecule has 0 saturated heterocycles. The molecule has 1 amide bonds. The van der Waals surface area contributed by atoms with Crippen molar-refractivity contribution in [2.75, 3.05) is 20.7 Å². The highest BCUT2D eigenvalue weighted by atomic mass is 16.5. The first kappa shape index (κ1) is 12.7. The molecular weight excluding hydrogens is 232 g/mol. The van der Waals surface area contributed by atoms with Crippen molar-refractivity contribution in [1.82, 2.24) is 9.47 Å². The van der Waals surface area contributed by atoms with Gasteiger partial charge in [-0.05, 0) is 31.4 Å². The van der Waals surface area contributed by atoms with Crippen molar-refractivity contribution < 1.29 is 14.3 Å². The van der Waals surface area contributed by atoms with Crippen molar-refractivity contribution in [2.45, 2.75) is 25.3 Å². The number of amides is 1. The minimum atomic E-state index is -0.410. The van der Waals surface area contributed by atoms with Crippen LogP contribution < -0.4 is 0 Å². The second-order valence-electron chi connectivity index (χ2n) is 4.62. The Morgan fingerprint density at radius 2 is 2.22 bits per heavy atom. The lowest BCUT2D eigenvalue weighted by molar-refractivity contribution is -0.141. The molecule has 18 heavy (non-hydrogen) atoms. The molecule has 5 nitrogen and oxygen atoms in total. The van der Waals surface area contributed by atoms with Gasteiger partial charge in [-0.15, -0.1) is 0 Å². The minimum absolute atomic E-state index is 0.0226. The average molecular weight is 250 g/mol. The molecule has 0 aliphatic heterocycles. The number of carbonyl (C=O) groups excluding carboxylic acids is 2. The molecule has 2 rings (SSSR count). The third kappa shape index (κ3) is 2.39. The van der Waals surface area contributed by atoms with Crippen molar-refractivity contribution in [3.05, 3.63) is 24.0 Å². The number of aromatic nitrogens is 1. The molecule has 1 fully saturated rings. The molecule has 98 valence electrons. The first-order valence-corrected chi connectivity index (χ1v) is 6.12. The van der Waals surface area contributed by atoms with Gasteiger partial charge in [0.1, 0.15) is 12.2 Å². The maximum absolute atomic E-state index is 12.2. The first-order chi connectivity index (χ1) is 8.63. The Morgan fingerprint density at radius 3 is 2.78 bits per heavy atom. The molecular formula is C13H18N2O3. The van der Waals surface area contributed by atoms with Gasteiger partial charge >= 0.3 is 5.97 Å². The van der Waals surface area contributed by atoms with E-state index in [2.05, 4.69) is 4.74 Å². The van der Waals surface area contributed by atoms with E-state index in [1.165, 1.54) is 18.4 Å². The van der Waals surface area contributed by atoms with E-state index in [1.807, 2.05) is 16.8 Å².